The van der Waals surface area contributed by atoms with Crippen molar-refractivity contribution < 1.29 is 14.3 Å². The second-order valence-electron chi connectivity index (χ2n) is 6.85. The van der Waals surface area contributed by atoms with Gasteiger partial charge in [-0.15, -0.1) is 12.4 Å². The van der Waals surface area contributed by atoms with E-state index in [1.807, 2.05) is 32.0 Å². The van der Waals surface area contributed by atoms with Crippen LogP contribution < -0.4 is 20.1 Å². The molecule has 0 saturated carbocycles. The Morgan fingerprint density at radius 2 is 1.92 bits per heavy atom. The Hall–Kier alpha value is -1.46. The molecular formula is C20H33ClN2O3. The highest BCUT2D eigenvalue weighted by Crippen LogP contribution is 2.33. The number of hydrogen-bond acceptors (Lipinski definition) is 4. The van der Waals surface area contributed by atoms with Crippen LogP contribution in [0.25, 0.3) is 0 Å². The molecule has 1 aliphatic heterocycles. The Morgan fingerprint density at radius 3 is 2.50 bits per heavy atom. The summed E-state index contributed by atoms with van der Waals surface area (Å²) in [6, 6.07) is 5.92. The van der Waals surface area contributed by atoms with E-state index in [1.54, 1.807) is 0 Å². The van der Waals surface area contributed by atoms with Gasteiger partial charge in [-0.1, -0.05) is 19.9 Å². The first-order valence-electron chi connectivity index (χ1n) is 9.47. The predicted molar refractivity (Wildman–Crippen MR) is 107 cm³/mol. The molecule has 1 fully saturated rings. The molecular weight excluding hydrogens is 352 g/mol. The first kappa shape index (κ1) is 22.6. The molecule has 1 amide bonds. The quantitative estimate of drug-likeness (QED) is 0.717. The zero-order chi connectivity index (χ0) is 18.2. The normalized spacial score (nSPS) is 18.0. The molecule has 0 spiro atoms. The summed E-state index contributed by atoms with van der Waals surface area (Å²) in [7, 11) is 0. The Bertz CT molecular complexity index is 560. The van der Waals surface area contributed by atoms with Crippen molar-refractivity contribution in [2.75, 3.05) is 26.3 Å². The average Bonchev–Trinajstić information content (AvgIpc) is 2.62. The molecule has 1 saturated heterocycles. The average molecular weight is 385 g/mol. The van der Waals surface area contributed by atoms with Crippen LogP contribution in [0, 0.1) is 11.8 Å². The lowest BCUT2D eigenvalue weighted by molar-refractivity contribution is -0.126. The minimum absolute atomic E-state index is 0. The van der Waals surface area contributed by atoms with Gasteiger partial charge < -0.3 is 20.1 Å². The molecule has 0 aromatic heterocycles. The highest BCUT2D eigenvalue weighted by Gasteiger charge is 2.26. The minimum atomic E-state index is -0.0377. The number of nitrogens with one attached hydrogen (secondary N) is 2. The van der Waals surface area contributed by atoms with Gasteiger partial charge in [0.15, 0.2) is 11.5 Å². The number of ether oxygens (including phenoxy) is 2. The summed E-state index contributed by atoms with van der Waals surface area (Å²) >= 11 is 0. The number of carbonyl (C=O) groups excluding carboxylic acids is 1. The smallest absolute Gasteiger partial charge is 0.224 e. The first-order valence-corrected chi connectivity index (χ1v) is 9.47. The van der Waals surface area contributed by atoms with E-state index in [2.05, 4.69) is 24.5 Å². The predicted octanol–water partition coefficient (Wildman–Crippen LogP) is 3.72. The van der Waals surface area contributed by atoms with Crippen LogP contribution >= 0.6 is 12.4 Å². The Kier molecular flexibility index (Phi) is 9.81. The number of halogens is 1. The summed E-state index contributed by atoms with van der Waals surface area (Å²) in [6.07, 6.45) is 2.01. The maximum atomic E-state index is 12.7. The second-order valence-corrected chi connectivity index (χ2v) is 6.85. The van der Waals surface area contributed by atoms with Crippen LogP contribution in [-0.4, -0.2) is 32.2 Å². The van der Waals surface area contributed by atoms with Crippen LogP contribution in [-0.2, 0) is 4.79 Å². The molecule has 2 rings (SSSR count). The van der Waals surface area contributed by atoms with Gasteiger partial charge in [-0.05, 0) is 56.8 Å². The SMILES string of the molecule is CCOc1ccc(C(NC(=O)C2CCCNC2)C(C)C)cc1OCC.Cl. The first-order chi connectivity index (χ1) is 12.1. The van der Waals surface area contributed by atoms with Crippen LogP contribution in [0.2, 0.25) is 0 Å². The van der Waals surface area contributed by atoms with Gasteiger partial charge in [0.1, 0.15) is 0 Å². The van der Waals surface area contributed by atoms with E-state index >= 15 is 0 Å². The number of rotatable bonds is 8. The van der Waals surface area contributed by atoms with Crippen molar-refractivity contribution in [1.29, 1.82) is 0 Å². The van der Waals surface area contributed by atoms with Gasteiger partial charge in [-0.2, -0.15) is 0 Å². The summed E-state index contributed by atoms with van der Waals surface area (Å²) in [4.78, 5) is 12.7. The molecule has 1 aromatic rings. The number of piperidine rings is 1. The van der Waals surface area contributed by atoms with Crippen molar-refractivity contribution in [3.05, 3.63) is 23.8 Å². The van der Waals surface area contributed by atoms with Crippen molar-refractivity contribution in [3.8, 4) is 11.5 Å². The molecule has 0 bridgehead atoms. The van der Waals surface area contributed by atoms with Gasteiger partial charge in [-0.3, -0.25) is 4.79 Å². The maximum absolute atomic E-state index is 12.7. The molecule has 1 heterocycles. The van der Waals surface area contributed by atoms with Crippen LogP contribution in [0.4, 0.5) is 0 Å². The molecule has 6 heteroatoms. The largest absolute Gasteiger partial charge is 0.490 e. The van der Waals surface area contributed by atoms with Crippen LogP contribution in [0.5, 0.6) is 11.5 Å². The van der Waals surface area contributed by atoms with E-state index in [1.165, 1.54) is 0 Å². The number of amides is 1. The third-order valence-electron chi connectivity index (χ3n) is 4.56. The fourth-order valence-electron chi connectivity index (χ4n) is 3.24. The number of carbonyl (C=O) groups is 1. The molecule has 2 unspecified atom stereocenters. The Morgan fingerprint density at radius 1 is 1.23 bits per heavy atom. The molecule has 1 aromatic carbocycles. The monoisotopic (exact) mass is 384 g/mol. The minimum Gasteiger partial charge on any atom is -0.490 e. The van der Waals surface area contributed by atoms with Crippen molar-refractivity contribution in [2.24, 2.45) is 11.8 Å². The fourth-order valence-corrected chi connectivity index (χ4v) is 3.24. The number of hydrogen-bond donors (Lipinski definition) is 2. The van der Waals surface area contributed by atoms with Gasteiger partial charge in [-0.25, -0.2) is 0 Å². The Labute approximate surface area is 163 Å². The zero-order valence-electron chi connectivity index (χ0n) is 16.3. The summed E-state index contributed by atoms with van der Waals surface area (Å²) in [6.45, 7) is 11.1. The molecule has 0 radical (unpaired) electrons. The maximum Gasteiger partial charge on any atom is 0.224 e. The summed E-state index contributed by atoms with van der Waals surface area (Å²) in [5.74, 6) is 1.97. The molecule has 1 aliphatic rings. The van der Waals surface area contributed by atoms with Gasteiger partial charge in [0, 0.05) is 6.54 Å². The van der Waals surface area contributed by atoms with E-state index in [4.69, 9.17) is 9.47 Å². The molecule has 148 valence electrons. The fraction of sp³-hybridized carbons (Fsp3) is 0.650. The standard InChI is InChI=1S/C20H32N2O3.ClH/c1-5-24-17-10-9-15(12-18(17)25-6-2)19(14(3)4)22-20(23)16-8-7-11-21-13-16;/h9-10,12,14,16,19,21H,5-8,11,13H2,1-4H3,(H,22,23);1H. The van der Waals surface area contributed by atoms with Gasteiger partial charge in [0.2, 0.25) is 5.91 Å². The second kappa shape index (κ2) is 11.3. The van der Waals surface area contributed by atoms with Gasteiger partial charge in [0.05, 0.1) is 25.2 Å². The highest BCUT2D eigenvalue weighted by atomic mass is 35.5. The van der Waals surface area contributed by atoms with E-state index < -0.39 is 0 Å². The third-order valence-corrected chi connectivity index (χ3v) is 4.56. The van der Waals surface area contributed by atoms with Gasteiger partial charge in [0.25, 0.3) is 0 Å². The topological polar surface area (TPSA) is 59.6 Å². The Balaban J connectivity index is 0.00000338. The summed E-state index contributed by atoms with van der Waals surface area (Å²) in [5.41, 5.74) is 1.05. The lowest BCUT2D eigenvalue weighted by Gasteiger charge is -2.28. The van der Waals surface area contributed by atoms with E-state index in [-0.39, 0.29) is 36.2 Å². The van der Waals surface area contributed by atoms with Crippen molar-refractivity contribution >= 4 is 18.3 Å². The molecule has 2 N–H and O–H groups in total. The van der Waals surface area contributed by atoms with Gasteiger partial charge >= 0.3 is 0 Å². The van der Waals surface area contributed by atoms with Crippen molar-refractivity contribution in [2.45, 2.75) is 46.6 Å². The van der Waals surface area contributed by atoms with Crippen LogP contribution in [0.1, 0.15) is 52.1 Å². The summed E-state index contributed by atoms with van der Waals surface area (Å²) in [5, 5.41) is 6.56. The lowest BCUT2D eigenvalue weighted by atomic mass is 9.93. The van der Waals surface area contributed by atoms with Crippen molar-refractivity contribution in [3.63, 3.8) is 0 Å². The van der Waals surface area contributed by atoms with E-state index in [0.29, 0.717) is 13.2 Å². The third kappa shape index (κ3) is 6.06. The lowest BCUT2D eigenvalue weighted by Crippen LogP contribution is -2.42. The van der Waals surface area contributed by atoms with Crippen molar-refractivity contribution in [1.82, 2.24) is 10.6 Å². The van der Waals surface area contributed by atoms with Crippen LogP contribution in [0.3, 0.4) is 0 Å². The summed E-state index contributed by atoms with van der Waals surface area (Å²) < 4.78 is 11.4. The molecule has 26 heavy (non-hydrogen) atoms. The van der Waals surface area contributed by atoms with E-state index in [0.717, 1.165) is 43.0 Å². The zero-order valence-corrected chi connectivity index (χ0v) is 17.2. The number of benzene rings is 1. The van der Waals surface area contributed by atoms with E-state index in [9.17, 15) is 4.79 Å². The molecule has 0 aliphatic carbocycles. The molecule has 2 atom stereocenters. The van der Waals surface area contributed by atoms with Crippen LogP contribution in [0.15, 0.2) is 18.2 Å². The highest BCUT2D eigenvalue weighted by molar-refractivity contribution is 5.85. The molecule has 5 nitrogen and oxygen atoms in total.